The highest BCUT2D eigenvalue weighted by atomic mass is 35.5. The largest absolute Gasteiger partial charge is 0.416 e. The molecule has 0 unspecified atom stereocenters. The minimum absolute atomic E-state index is 0.0623. The van der Waals surface area contributed by atoms with Crippen LogP contribution in [0.4, 0.5) is 38.1 Å². The minimum Gasteiger partial charge on any atom is -0.352 e. The number of imidazole rings is 1. The van der Waals surface area contributed by atoms with E-state index in [2.05, 4.69) is 15.0 Å². The zero-order valence-corrected chi connectivity index (χ0v) is 19.7. The van der Waals surface area contributed by atoms with E-state index in [1.165, 1.54) is 12.1 Å². The van der Waals surface area contributed by atoms with Crippen molar-refractivity contribution in [2.24, 2.45) is 0 Å². The number of alkyl halides is 3. The lowest BCUT2D eigenvalue weighted by molar-refractivity contribution is -0.137. The van der Waals surface area contributed by atoms with Gasteiger partial charge in [0.2, 0.25) is 5.95 Å². The third-order valence-corrected chi connectivity index (χ3v) is 6.36. The van der Waals surface area contributed by atoms with Crippen molar-refractivity contribution in [3.8, 4) is 22.5 Å². The molecule has 0 saturated carbocycles. The highest BCUT2D eigenvalue weighted by molar-refractivity contribution is 6.32. The predicted molar refractivity (Wildman–Crippen MR) is 128 cm³/mol. The van der Waals surface area contributed by atoms with Crippen LogP contribution in [0.5, 0.6) is 0 Å². The van der Waals surface area contributed by atoms with Gasteiger partial charge in [-0.3, -0.25) is 0 Å². The molecule has 0 spiro atoms. The number of aromatic amines is 1. The van der Waals surface area contributed by atoms with Crippen molar-refractivity contribution in [2.75, 3.05) is 36.0 Å². The summed E-state index contributed by atoms with van der Waals surface area (Å²) in [6.45, 7) is 2.06. The summed E-state index contributed by atoms with van der Waals surface area (Å²) in [4.78, 5) is 15.8. The molecule has 0 aliphatic carbocycles. The van der Waals surface area contributed by atoms with E-state index in [-0.39, 0.29) is 17.0 Å². The zero-order chi connectivity index (χ0) is 26.3. The first kappa shape index (κ1) is 24.9. The Bertz CT molecular complexity index is 1410. The van der Waals surface area contributed by atoms with Gasteiger partial charge in [-0.05, 0) is 36.4 Å². The number of nitrogens with one attached hydrogen (secondary N) is 1. The number of piperazine rings is 1. The van der Waals surface area contributed by atoms with Crippen LogP contribution >= 0.6 is 11.6 Å². The Kier molecular flexibility index (Phi) is 6.49. The fourth-order valence-corrected chi connectivity index (χ4v) is 4.43. The zero-order valence-electron chi connectivity index (χ0n) is 19.0. The quantitative estimate of drug-likeness (QED) is 0.237. The van der Waals surface area contributed by atoms with Gasteiger partial charge in [0, 0.05) is 43.5 Å². The topological polar surface area (TPSA) is 48.1 Å². The maximum absolute atomic E-state index is 14.0. The van der Waals surface area contributed by atoms with Gasteiger partial charge in [-0.2, -0.15) is 13.2 Å². The Balaban J connectivity index is 1.50. The summed E-state index contributed by atoms with van der Waals surface area (Å²) in [7, 11) is 0. The normalized spacial score (nSPS) is 14.4. The van der Waals surface area contributed by atoms with Crippen molar-refractivity contribution in [3.63, 3.8) is 0 Å². The number of H-pyrrole nitrogens is 1. The van der Waals surface area contributed by atoms with Crippen LogP contribution in [0.25, 0.3) is 22.5 Å². The lowest BCUT2D eigenvalue weighted by atomic mass is 10.0. The van der Waals surface area contributed by atoms with Crippen LogP contribution in [0.1, 0.15) is 5.56 Å². The van der Waals surface area contributed by atoms with Crippen LogP contribution in [0.3, 0.4) is 0 Å². The van der Waals surface area contributed by atoms with Crippen LogP contribution in [0.2, 0.25) is 5.02 Å². The minimum atomic E-state index is -4.53. The van der Waals surface area contributed by atoms with Gasteiger partial charge in [-0.25, -0.2) is 23.1 Å². The molecule has 1 N–H and O–H groups in total. The van der Waals surface area contributed by atoms with Crippen LogP contribution in [-0.4, -0.2) is 41.1 Å². The number of aromatic nitrogens is 3. The Morgan fingerprint density at radius 2 is 1.46 bits per heavy atom. The van der Waals surface area contributed by atoms with Crippen molar-refractivity contribution in [2.45, 2.75) is 6.18 Å². The Morgan fingerprint density at radius 1 is 0.838 bits per heavy atom. The summed E-state index contributed by atoms with van der Waals surface area (Å²) < 4.78 is 80.8. The molecule has 2 aromatic carbocycles. The SMILES string of the molecule is Fc1cc(-c2nc(N3CCN(c4ncccc4Cl)CC3)[nH]c2-c2ccc(C(F)(F)F)cc2)cc(F)c1F. The second-order valence-electron chi connectivity index (χ2n) is 8.40. The Morgan fingerprint density at radius 3 is 2.05 bits per heavy atom. The first-order valence-electron chi connectivity index (χ1n) is 11.1. The van der Waals surface area contributed by atoms with Gasteiger partial charge in [0.15, 0.2) is 17.5 Å². The number of anilines is 2. The number of benzene rings is 2. The number of rotatable bonds is 4. The first-order chi connectivity index (χ1) is 17.6. The molecule has 3 heterocycles. The average Bonchev–Trinajstić information content (AvgIpc) is 3.33. The lowest BCUT2D eigenvalue weighted by Gasteiger charge is -2.35. The monoisotopic (exact) mass is 537 g/mol. The molecule has 5 rings (SSSR count). The molecular weight excluding hydrogens is 520 g/mol. The molecule has 0 amide bonds. The van der Waals surface area contributed by atoms with Crippen LogP contribution < -0.4 is 9.80 Å². The number of halogens is 7. The second kappa shape index (κ2) is 9.62. The standard InChI is InChI=1S/C25H18ClF6N5/c26-17-2-1-7-33-23(17)36-8-10-37(11-9-36)24-34-21(14-3-5-16(6-4-14)25(30,31)32)22(35-24)15-12-18(27)20(29)19(28)13-15/h1-7,12-13H,8-11H2,(H,34,35). The fourth-order valence-electron chi connectivity index (χ4n) is 4.19. The van der Waals surface area contributed by atoms with Crippen LogP contribution in [0.15, 0.2) is 54.7 Å². The molecule has 12 heteroatoms. The maximum atomic E-state index is 14.0. The first-order valence-corrected chi connectivity index (χ1v) is 11.5. The van der Waals surface area contributed by atoms with Gasteiger partial charge in [0.25, 0.3) is 0 Å². The molecule has 0 radical (unpaired) electrons. The van der Waals surface area contributed by atoms with Gasteiger partial charge in [-0.15, -0.1) is 0 Å². The molecular formula is C25H18ClF6N5. The summed E-state index contributed by atoms with van der Waals surface area (Å²) in [6.07, 6.45) is -2.89. The third kappa shape index (κ3) is 4.95. The molecule has 5 nitrogen and oxygen atoms in total. The smallest absolute Gasteiger partial charge is 0.352 e. The molecule has 4 aromatic rings. The van der Waals surface area contributed by atoms with Crippen LogP contribution in [0, 0.1) is 17.5 Å². The summed E-state index contributed by atoms with van der Waals surface area (Å²) in [5.41, 5.74) is -0.286. The fraction of sp³-hybridized carbons (Fsp3) is 0.200. The molecule has 1 aliphatic rings. The second-order valence-corrected chi connectivity index (χ2v) is 8.80. The van der Waals surface area contributed by atoms with Gasteiger partial charge in [-0.1, -0.05) is 23.7 Å². The van der Waals surface area contributed by atoms with E-state index in [4.69, 9.17) is 11.6 Å². The van der Waals surface area contributed by atoms with Crippen molar-refractivity contribution in [3.05, 3.63) is 82.8 Å². The molecule has 1 aliphatic heterocycles. The van der Waals surface area contributed by atoms with E-state index in [0.717, 1.165) is 24.3 Å². The number of hydrogen-bond acceptors (Lipinski definition) is 4. The number of nitrogens with zero attached hydrogens (tertiary/aromatic N) is 4. The Labute approximate surface area is 212 Å². The van der Waals surface area contributed by atoms with Crippen LogP contribution in [-0.2, 0) is 6.18 Å². The van der Waals surface area contributed by atoms with Gasteiger partial charge >= 0.3 is 6.18 Å². The van der Waals surface area contributed by atoms with Gasteiger partial charge in [0.05, 0.1) is 22.0 Å². The van der Waals surface area contributed by atoms with Gasteiger partial charge in [0.1, 0.15) is 5.82 Å². The molecule has 1 saturated heterocycles. The lowest BCUT2D eigenvalue weighted by Crippen LogP contribution is -2.47. The molecule has 1 fully saturated rings. The van der Waals surface area contributed by atoms with E-state index in [1.807, 2.05) is 9.80 Å². The highest BCUT2D eigenvalue weighted by Crippen LogP contribution is 2.36. The summed E-state index contributed by atoms with van der Waals surface area (Å²) in [5.74, 6) is -3.44. The average molecular weight is 538 g/mol. The molecule has 0 atom stereocenters. The van der Waals surface area contributed by atoms with Crippen molar-refractivity contribution in [1.29, 1.82) is 0 Å². The van der Waals surface area contributed by atoms with Crippen molar-refractivity contribution >= 4 is 23.4 Å². The summed E-state index contributed by atoms with van der Waals surface area (Å²) >= 11 is 6.25. The molecule has 0 bridgehead atoms. The van der Waals surface area contributed by atoms with E-state index in [9.17, 15) is 26.3 Å². The van der Waals surface area contributed by atoms with E-state index < -0.39 is 29.2 Å². The number of hydrogen-bond donors (Lipinski definition) is 1. The van der Waals surface area contributed by atoms with Gasteiger partial charge < -0.3 is 14.8 Å². The maximum Gasteiger partial charge on any atom is 0.416 e. The third-order valence-electron chi connectivity index (χ3n) is 6.07. The summed E-state index contributed by atoms with van der Waals surface area (Å²) in [6, 6.07) is 9.35. The van der Waals surface area contributed by atoms with E-state index >= 15 is 0 Å². The van der Waals surface area contributed by atoms with E-state index in [1.54, 1.807) is 18.3 Å². The molecule has 2 aromatic heterocycles. The van der Waals surface area contributed by atoms with E-state index in [0.29, 0.717) is 48.5 Å². The number of pyridine rings is 1. The predicted octanol–water partition coefficient (Wildman–Crippen LogP) is 6.55. The summed E-state index contributed by atoms with van der Waals surface area (Å²) in [5, 5.41) is 0.515. The molecule has 192 valence electrons. The van der Waals surface area contributed by atoms with Crippen molar-refractivity contribution < 1.29 is 26.3 Å². The Hall–Kier alpha value is -3.73. The van der Waals surface area contributed by atoms with Crippen molar-refractivity contribution in [1.82, 2.24) is 15.0 Å². The highest BCUT2D eigenvalue weighted by Gasteiger charge is 2.30. The molecule has 37 heavy (non-hydrogen) atoms.